The van der Waals surface area contributed by atoms with Gasteiger partial charge in [-0.2, -0.15) is 0 Å². The van der Waals surface area contributed by atoms with Gasteiger partial charge in [-0.05, 0) is 31.2 Å². The first kappa shape index (κ1) is 20.2. The van der Waals surface area contributed by atoms with Crippen LogP contribution in [0.5, 0.6) is 0 Å². The summed E-state index contributed by atoms with van der Waals surface area (Å²) in [6, 6.07) is 8.58. The van der Waals surface area contributed by atoms with Crippen molar-refractivity contribution in [2.75, 3.05) is 40.3 Å². The molecule has 0 saturated carbocycles. The molecule has 1 aliphatic rings. The van der Waals surface area contributed by atoms with Crippen molar-refractivity contribution in [3.8, 4) is 0 Å². The zero-order valence-corrected chi connectivity index (χ0v) is 16.4. The maximum absolute atomic E-state index is 11.8. The summed E-state index contributed by atoms with van der Waals surface area (Å²) in [7, 11) is 3.48. The van der Waals surface area contributed by atoms with E-state index in [9.17, 15) is 4.79 Å². The van der Waals surface area contributed by atoms with Gasteiger partial charge in [0.05, 0.1) is 6.10 Å². The van der Waals surface area contributed by atoms with Gasteiger partial charge in [0, 0.05) is 33.8 Å². The number of nitrogens with zero attached hydrogens (tertiary/aromatic N) is 2. The zero-order chi connectivity index (χ0) is 18.9. The molecule has 26 heavy (non-hydrogen) atoms. The lowest BCUT2D eigenvalue weighted by Gasteiger charge is -2.19. The first-order valence-corrected chi connectivity index (χ1v) is 9.36. The largest absolute Gasteiger partial charge is 0.376 e. The lowest BCUT2D eigenvalue weighted by molar-refractivity contribution is -0.127. The van der Waals surface area contributed by atoms with Crippen LogP contribution in [0.3, 0.4) is 0 Å². The Morgan fingerprint density at radius 1 is 1.31 bits per heavy atom. The lowest BCUT2D eigenvalue weighted by atomic mass is 10.0. The third-order valence-corrected chi connectivity index (χ3v) is 4.61. The number of likely N-dealkylation sites (N-methyl/N-ethyl adjacent to an activating group) is 1. The number of nitrogens with one attached hydrogen (secondary N) is 2. The minimum atomic E-state index is -0.0187. The predicted octanol–water partition coefficient (Wildman–Crippen LogP) is 1.90. The van der Waals surface area contributed by atoms with Crippen molar-refractivity contribution in [3.63, 3.8) is 0 Å². The first-order chi connectivity index (χ1) is 12.5. The molecule has 2 rings (SSSR count). The normalized spacial score (nSPS) is 18.5. The summed E-state index contributed by atoms with van der Waals surface area (Å²) in [5.74, 6) is 0.986. The molecule has 2 unspecified atom stereocenters. The second-order valence-electron chi connectivity index (χ2n) is 7.16. The van der Waals surface area contributed by atoms with E-state index in [0.29, 0.717) is 18.4 Å². The number of carbonyl (C=O) groups is 1. The van der Waals surface area contributed by atoms with Gasteiger partial charge in [0.2, 0.25) is 5.91 Å². The molecule has 1 amide bonds. The standard InChI is InChI=1S/C20H32N4O2/c1-15-7-9-17(10-8-15)16(2)12-21-20(23-14-19(25)24(3)4)22-13-18-6-5-11-26-18/h7-10,16,18H,5-6,11-14H2,1-4H3,(H2,21,22,23). The van der Waals surface area contributed by atoms with Gasteiger partial charge in [0.1, 0.15) is 6.54 Å². The molecule has 1 heterocycles. The zero-order valence-electron chi connectivity index (χ0n) is 16.4. The minimum Gasteiger partial charge on any atom is -0.376 e. The van der Waals surface area contributed by atoms with Crippen LogP contribution in [-0.2, 0) is 9.53 Å². The van der Waals surface area contributed by atoms with Crippen LogP contribution < -0.4 is 10.6 Å². The SMILES string of the molecule is Cc1ccc(C(C)CNC(=NCC(=O)N(C)C)NCC2CCCO2)cc1. The molecule has 144 valence electrons. The molecule has 0 radical (unpaired) electrons. The quantitative estimate of drug-likeness (QED) is 0.576. The van der Waals surface area contributed by atoms with Crippen molar-refractivity contribution < 1.29 is 9.53 Å². The molecule has 6 nitrogen and oxygen atoms in total. The van der Waals surface area contributed by atoms with Crippen molar-refractivity contribution >= 4 is 11.9 Å². The predicted molar refractivity (Wildman–Crippen MR) is 106 cm³/mol. The number of hydrogen-bond acceptors (Lipinski definition) is 3. The lowest BCUT2D eigenvalue weighted by Crippen LogP contribution is -2.43. The van der Waals surface area contributed by atoms with Crippen LogP contribution in [0.15, 0.2) is 29.3 Å². The number of ether oxygens (including phenoxy) is 1. The van der Waals surface area contributed by atoms with Gasteiger partial charge in [0.15, 0.2) is 5.96 Å². The van der Waals surface area contributed by atoms with Gasteiger partial charge in [-0.15, -0.1) is 0 Å². The highest BCUT2D eigenvalue weighted by Crippen LogP contribution is 2.15. The monoisotopic (exact) mass is 360 g/mol. The number of aryl methyl sites for hydroxylation is 1. The number of rotatable bonds is 7. The Bertz CT molecular complexity index is 592. The highest BCUT2D eigenvalue weighted by Gasteiger charge is 2.16. The highest BCUT2D eigenvalue weighted by molar-refractivity contribution is 5.84. The maximum atomic E-state index is 11.8. The molecule has 1 aromatic rings. The summed E-state index contributed by atoms with van der Waals surface area (Å²) in [5, 5.41) is 6.68. The van der Waals surface area contributed by atoms with Crippen LogP contribution in [0.25, 0.3) is 0 Å². The van der Waals surface area contributed by atoms with E-state index < -0.39 is 0 Å². The van der Waals surface area contributed by atoms with E-state index in [4.69, 9.17) is 4.74 Å². The van der Waals surface area contributed by atoms with Gasteiger partial charge in [-0.25, -0.2) is 4.99 Å². The molecule has 0 aliphatic carbocycles. The Morgan fingerprint density at radius 3 is 2.65 bits per heavy atom. The van der Waals surface area contributed by atoms with Crippen LogP contribution in [0.2, 0.25) is 0 Å². The van der Waals surface area contributed by atoms with Crippen molar-refractivity contribution in [1.29, 1.82) is 0 Å². The minimum absolute atomic E-state index is 0.0187. The van der Waals surface area contributed by atoms with Crippen LogP contribution >= 0.6 is 0 Å². The summed E-state index contributed by atoms with van der Waals surface area (Å²) in [4.78, 5) is 17.8. The van der Waals surface area contributed by atoms with Crippen LogP contribution in [0, 0.1) is 6.92 Å². The summed E-state index contributed by atoms with van der Waals surface area (Å²) in [6.07, 6.45) is 2.40. The fourth-order valence-electron chi connectivity index (χ4n) is 2.74. The molecular weight excluding hydrogens is 328 g/mol. The fraction of sp³-hybridized carbons (Fsp3) is 0.600. The Kier molecular flexibility index (Phi) is 7.91. The van der Waals surface area contributed by atoms with Gasteiger partial charge >= 0.3 is 0 Å². The van der Waals surface area contributed by atoms with Gasteiger partial charge < -0.3 is 20.3 Å². The number of amides is 1. The molecular formula is C20H32N4O2. The van der Waals surface area contributed by atoms with Crippen molar-refractivity contribution in [1.82, 2.24) is 15.5 Å². The summed E-state index contributed by atoms with van der Waals surface area (Å²) < 4.78 is 5.65. The third kappa shape index (κ3) is 6.67. The van der Waals surface area contributed by atoms with E-state index in [1.807, 2.05) is 0 Å². The number of hydrogen-bond donors (Lipinski definition) is 2. The number of benzene rings is 1. The average Bonchev–Trinajstić information content (AvgIpc) is 3.14. The van der Waals surface area contributed by atoms with Crippen LogP contribution in [0.1, 0.15) is 36.8 Å². The molecule has 2 atom stereocenters. The topological polar surface area (TPSA) is 66.0 Å². The van der Waals surface area contributed by atoms with Gasteiger partial charge in [0.25, 0.3) is 0 Å². The molecule has 0 bridgehead atoms. The molecule has 0 aromatic heterocycles. The average molecular weight is 361 g/mol. The number of aliphatic imine (C=N–C) groups is 1. The molecule has 2 N–H and O–H groups in total. The van der Waals surface area contributed by atoms with Gasteiger partial charge in [-0.3, -0.25) is 4.79 Å². The Labute approximate surface area is 157 Å². The Hall–Kier alpha value is -2.08. The van der Waals surface area contributed by atoms with E-state index >= 15 is 0 Å². The van der Waals surface area contributed by atoms with Crippen LogP contribution in [0.4, 0.5) is 0 Å². The molecule has 1 aliphatic heterocycles. The van der Waals surface area contributed by atoms with Crippen molar-refractivity contribution in [2.45, 2.75) is 38.7 Å². The summed E-state index contributed by atoms with van der Waals surface area (Å²) >= 11 is 0. The highest BCUT2D eigenvalue weighted by atomic mass is 16.5. The van der Waals surface area contributed by atoms with E-state index in [0.717, 1.165) is 26.0 Å². The van der Waals surface area contributed by atoms with Gasteiger partial charge in [-0.1, -0.05) is 36.8 Å². The smallest absolute Gasteiger partial charge is 0.243 e. The van der Waals surface area contributed by atoms with E-state index in [2.05, 4.69) is 53.7 Å². The number of carbonyl (C=O) groups excluding carboxylic acids is 1. The molecule has 1 fully saturated rings. The first-order valence-electron chi connectivity index (χ1n) is 9.36. The van der Waals surface area contributed by atoms with Crippen molar-refractivity contribution in [3.05, 3.63) is 35.4 Å². The van der Waals surface area contributed by atoms with E-state index in [1.165, 1.54) is 11.1 Å². The molecule has 0 spiro atoms. The number of guanidine groups is 1. The maximum Gasteiger partial charge on any atom is 0.243 e. The second-order valence-corrected chi connectivity index (χ2v) is 7.16. The Balaban J connectivity index is 1.91. The second kappa shape index (κ2) is 10.2. The Morgan fingerprint density at radius 2 is 2.04 bits per heavy atom. The van der Waals surface area contributed by atoms with Crippen LogP contribution in [-0.4, -0.2) is 63.2 Å². The molecule has 6 heteroatoms. The van der Waals surface area contributed by atoms with Crippen molar-refractivity contribution in [2.24, 2.45) is 4.99 Å². The van der Waals surface area contributed by atoms with E-state index in [-0.39, 0.29) is 18.6 Å². The fourth-order valence-corrected chi connectivity index (χ4v) is 2.74. The van der Waals surface area contributed by atoms with E-state index in [1.54, 1.807) is 19.0 Å². The third-order valence-electron chi connectivity index (χ3n) is 4.61. The summed E-state index contributed by atoms with van der Waals surface area (Å²) in [6.45, 7) is 6.69. The molecule has 1 saturated heterocycles. The molecule has 1 aromatic carbocycles. The summed E-state index contributed by atoms with van der Waals surface area (Å²) in [5.41, 5.74) is 2.54.